The van der Waals surface area contributed by atoms with Crippen LogP contribution < -0.4 is 10.6 Å². The van der Waals surface area contributed by atoms with Gasteiger partial charge < -0.3 is 19.8 Å². The molecular formula is C9H15N3O2. The number of ether oxygens (including phenoxy) is 1. The predicted molar refractivity (Wildman–Crippen MR) is 52.0 cm³/mol. The molecular weight excluding hydrogens is 182 g/mol. The van der Waals surface area contributed by atoms with E-state index in [1.54, 1.807) is 6.26 Å². The third kappa shape index (κ3) is 1.73. The second kappa shape index (κ2) is 3.98. The fourth-order valence-corrected chi connectivity index (χ4v) is 1.53. The summed E-state index contributed by atoms with van der Waals surface area (Å²) in [5.74, 6) is 0. The van der Waals surface area contributed by atoms with Crippen LogP contribution in [0.3, 0.4) is 0 Å². The maximum absolute atomic E-state index is 5.46. The number of hydrogen-bond acceptors (Lipinski definition) is 5. The molecule has 0 radical (unpaired) electrons. The fraction of sp³-hybridized carbons (Fsp3) is 0.667. The third-order valence-corrected chi connectivity index (χ3v) is 2.36. The Morgan fingerprint density at radius 3 is 3.21 bits per heavy atom. The van der Waals surface area contributed by atoms with Gasteiger partial charge in [0.2, 0.25) is 0 Å². The van der Waals surface area contributed by atoms with Crippen LogP contribution in [0.4, 0.5) is 6.01 Å². The lowest BCUT2D eigenvalue weighted by Gasteiger charge is -2.31. The molecule has 2 heterocycles. The molecule has 1 aromatic heterocycles. The number of hydrogen-bond donors (Lipinski definition) is 1. The number of anilines is 1. The average Bonchev–Trinajstić information content (AvgIpc) is 2.67. The maximum Gasteiger partial charge on any atom is 0.297 e. The topological polar surface area (TPSA) is 64.5 Å². The predicted octanol–water partition coefficient (Wildman–Crippen LogP) is 0.358. The highest BCUT2D eigenvalue weighted by atomic mass is 16.5. The molecule has 5 nitrogen and oxygen atoms in total. The summed E-state index contributed by atoms with van der Waals surface area (Å²) in [4.78, 5) is 6.38. The van der Waals surface area contributed by atoms with Gasteiger partial charge in [-0.3, -0.25) is 0 Å². The zero-order valence-electron chi connectivity index (χ0n) is 8.27. The largest absolute Gasteiger partial charge is 0.432 e. The summed E-state index contributed by atoms with van der Waals surface area (Å²) >= 11 is 0. The zero-order chi connectivity index (χ0) is 9.97. The Bertz CT molecular complexity index is 300. The highest BCUT2D eigenvalue weighted by Crippen LogP contribution is 2.18. The summed E-state index contributed by atoms with van der Waals surface area (Å²) in [5.41, 5.74) is 6.25. The lowest BCUT2D eigenvalue weighted by molar-refractivity contribution is 0.0961. The van der Waals surface area contributed by atoms with Crippen molar-refractivity contribution in [2.24, 2.45) is 5.73 Å². The van der Waals surface area contributed by atoms with Crippen molar-refractivity contribution in [3.05, 3.63) is 12.0 Å². The Labute approximate surface area is 82.8 Å². The Hall–Kier alpha value is -1.07. The molecule has 1 aliphatic heterocycles. The van der Waals surface area contributed by atoms with Crippen LogP contribution in [0.1, 0.15) is 12.6 Å². The minimum Gasteiger partial charge on any atom is -0.432 e. The van der Waals surface area contributed by atoms with Crippen LogP contribution in [-0.2, 0) is 11.3 Å². The summed E-state index contributed by atoms with van der Waals surface area (Å²) in [5, 5.41) is 0. The van der Waals surface area contributed by atoms with E-state index < -0.39 is 0 Å². The summed E-state index contributed by atoms with van der Waals surface area (Å²) in [6.07, 6.45) is 1.61. The molecule has 2 N–H and O–H groups in total. The smallest absolute Gasteiger partial charge is 0.297 e. The van der Waals surface area contributed by atoms with Crippen LogP contribution in [0, 0.1) is 0 Å². The van der Waals surface area contributed by atoms with Crippen molar-refractivity contribution in [1.29, 1.82) is 0 Å². The van der Waals surface area contributed by atoms with E-state index in [1.165, 1.54) is 0 Å². The quantitative estimate of drug-likeness (QED) is 0.741. The van der Waals surface area contributed by atoms with Crippen molar-refractivity contribution in [2.45, 2.75) is 19.5 Å². The first-order valence-electron chi connectivity index (χ1n) is 4.80. The number of morpholine rings is 1. The summed E-state index contributed by atoms with van der Waals surface area (Å²) < 4.78 is 10.7. The average molecular weight is 197 g/mol. The van der Waals surface area contributed by atoms with E-state index in [1.807, 2.05) is 0 Å². The highest BCUT2D eigenvalue weighted by molar-refractivity contribution is 5.29. The lowest BCUT2D eigenvalue weighted by atomic mass is 10.3. The fourth-order valence-electron chi connectivity index (χ4n) is 1.53. The van der Waals surface area contributed by atoms with Crippen LogP contribution in [0.2, 0.25) is 0 Å². The van der Waals surface area contributed by atoms with E-state index in [4.69, 9.17) is 14.9 Å². The molecule has 5 heteroatoms. The SMILES string of the molecule is CC1COCCN1c1nc(CN)co1. The maximum atomic E-state index is 5.46. The van der Waals surface area contributed by atoms with E-state index in [0.29, 0.717) is 18.6 Å². The van der Waals surface area contributed by atoms with E-state index in [9.17, 15) is 0 Å². The van der Waals surface area contributed by atoms with Gasteiger partial charge in [-0.1, -0.05) is 0 Å². The molecule has 1 unspecified atom stereocenters. The first-order chi connectivity index (χ1) is 6.81. The molecule has 0 saturated carbocycles. The van der Waals surface area contributed by atoms with Gasteiger partial charge >= 0.3 is 0 Å². The molecule has 1 fully saturated rings. The number of oxazole rings is 1. The minimum atomic E-state index is 0.313. The van der Waals surface area contributed by atoms with E-state index in [-0.39, 0.29) is 0 Å². The van der Waals surface area contributed by atoms with Gasteiger partial charge in [-0.15, -0.1) is 0 Å². The molecule has 1 aliphatic rings. The van der Waals surface area contributed by atoms with Crippen LogP contribution in [0.25, 0.3) is 0 Å². The number of nitrogens with two attached hydrogens (primary N) is 1. The van der Waals surface area contributed by atoms with Gasteiger partial charge in [0.15, 0.2) is 0 Å². The number of nitrogens with zero attached hydrogens (tertiary/aromatic N) is 2. The Kier molecular flexibility index (Phi) is 2.69. The molecule has 1 aromatic rings. The standard InChI is InChI=1S/C9H15N3O2/c1-7-5-13-3-2-12(7)9-11-8(4-10)6-14-9/h6-7H,2-5,10H2,1H3. The molecule has 0 aliphatic carbocycles. The van der Waals surface area contributed by atoms with Gasteiger partial charge in [0.1, 0.15) is 6.26 Å². The second-order valence-corrected chi connectivity index (χ2v) is 3.44. The van der Waals surface area contributed by atoms with Crippen LogP contribution in [0.15, 0.2) is 10.7 Å². The molecule has 0 spiro atoms. The molecule has 1 saturated heterocycles. The van der Waals surface area contributed by atoms with Gasteiger partial charge in [0.25, 0.3) is 6.01 Å². The van der Waals surface area contributed by atoms with Gasteiger partial charge in [-0.05, 0) is 6.92 Å². The van der Waals surface area contributed by atoms with Crippen LogP contribution in [0.5, 0.6) is 0 Å². The van der Waals surface area contributed by atoms with Crippen LogP contribution in [-0.4, -0.2) is 30.8 Å². The normalized spacial score (nSPS) is 22.7. The van der Waals surface area contributed by atoms with Crippen molar-refractivity contribution >= 4 is 6.01 Å². The molecule has 14 heavy (non-hydrogen) atoms. The first-order valence-corrected chi connectivity index (χ1v) is 4.80. The monoisotopic (exact) mass is 197 g/mol. The van der Waals surface area contributed by atoms with Crippen molar-refractivity contribution in [1.82, 2.24) is 4.98 Å². The zero-order valence-corrected chi connectivity index (χ0v) is 8.27. The first kappa shape index (κ1) is 9.48. The van der Waals surface area contributed by atoms with E-state index in [2.05, 4.69) is 16.8 Å². The van der Waals surface area contributed by atoms with Crippen molar-refractivity contribution < 1.29 is 9.15 Å². The van der Waals surface area contributed by atoms with E-state index in [0.717, 1.165) is 25.5 Å². The molecule has 1 atom stereocenters. The van der Waals surface area contributed by atoms with Crippen molar-refractivity contribution in [3.63, 3.8) is 0 Å². The molecule has 0 bridgehead atoms. The summed E-state index contributed by atoms with van der Waals surface area (Å²) in [6, 6.07) is 0.967. The summed E-state index contributed by atoms with van der Waals surface area (Å²) in [6.45, 7) is 4.78. The van der Waals surface area contributed by atoms with Gasteiger partial charge in [-0.2, -0.15) is 4.98 Å². The van der Waals surface area contributed by atoms with Gasteiger partial charge in [0, 0.05) is 13.1 Å². The highest BCUT2D eigenvalue weighted by Gasteiger charge is 2.22. The Morgan fingerprint density at radius 2 is 2.57 bits per heavy atom. The molecule has 0 amide bonds. The number of aromatic nitrogens is 1. The Morgan fingerprint density at radius 1 is 1.71 bits per heavy atom. The third-order valence-electron chi connectivity index (χ3n) is 2.36. The second-order valence-electron chi connectivity index (χ2n) is 3.44. The van der Waals surface area contributed by atoms with Crippen molar-refractivity contribution in [2.75, 3.05) is 24.7 Å². The lowest BCUT2D eigenvalue weighted by Crippen LogP contribution is -2.43. The molecule has 78 valence electrons. The van der Waals surface area contributed by atoms with Crippen LogP contribution >= 0.6 is 0 Å². The van der Waals surface area contributed by atoms with E-state index >= 15 is 0 Å². The molecule has 0 aromatic carbocycles. The molecule has 2 rings (SSSR count). The Balaban J connectivity index is 2.12. The summed E-state index contributed by atoms with van der Waals surface area (Å²) in [7, 11) is 0. The van der Waals surface area contributed by atoms with Gasteiger partial charge in [-0.25, -0.2) is 0 Å². The van der Waals surface area contributed by atoms with Crippen molar-refractivity contribution in [3.8, 4) is 0 Å². The number of rotatable bonds is 2. The van der Waals surface area contributed by atoms with Gasteiger partial charge in [0.05, 0.1) is 24.9 Å². The minimum absolute atomic E-state index is 0.313.